The normalized spacial score (nSPS) is 21.9. The number of hydrogen-bond acceptors (Lipinski definition) is 5. The monoisotopic (exact) mass is 264 g/mol. The lowest BCUT2D eigenvalue weighted by atomic mass is 10.2. The summed E-state index contributed by atoms with van der Waals surface area (Å²) in [5.41, 5.74) is 0.511. The maximum Gasteiger partial charge on any atom is 0.338 e. The Hall–Kier alpha value is -1.88. The zero-order valence-electron chi connectivity index (χ0n) is 10.7. The average Bonchev–Trinajstić information content (AvgIpc) is 2.84. The molecule has 0 aromatic heterocycles. The second-order valence-corrected chi connectivity index (χ2v) is 4.34. The molecular formula is C14H16O5. The van der Waals surface area contributed by atoms with Crippen LogP contribution in [0.25, 0.3) is 0 Å². The van der Waals surface area contributed by atoms with Crippen LogP contribution < -0.4 is 0 Å². The molecule has 1 fully saturated rings. The van der Waals surface area contributed by atoms with E-state index in [-0.39, 0.29) is 24.6 Å². The molecule has 0 aliphatic carbocycles. The molecule has 2 unspecified atom stereocenters. The number of esters is 2. The third-order valence-corrected chi connectivity index (χ3v) is 2.78. The summed E-state index contributed by atoms with van der Waals surface area (Å²) in [5.74, 6) is -0.743. The fraction of sp³-hybridized carbons (Fsp3) is 0.429. The summed E-state index contributed by atoms with van der Waals surface area (Å²) in [7, 11) is 0. The van der Waals surface area contributed by atoms with Crippen LogP contribution in [0.5, 0.6) is 0 Å². The van der Waals surface area contributed by atoms with Gasteiger partial charge >= 0.3 is 11.9 Å². The molecule has 1 aliphatic heterocycles. The quantitative estimate of drug-likeness (QED) is 0.777. The first-order valence-corrected chi connectivity index (χ1v) is 6.20. The number of benzene rings is 1. The smallest absolute Gasteiger partial charge is 0.338 e. The summed E-state index contributed by atoms with van der Waals surface area (Å²) in [6, 6.07) is 8.78. The summed E-state index contributed by atoms with van der Waals surface area (Å²) in [4.78, 5) is 22.5. The van der Waals surface area contributed by atoms with Crippen LogP contribution in [0.2, 0.25) is 0 Å². The minimum absolute atomic E-state index is 0.172. The van der Waals surface area contributed by atoms with Gasteiger partial charge in [0.1, 0.15) is 6.61 Å². The van der Waals surface area contributed by atoms with Crippen LogP contribution in [-0.2, 0) is 19.0 Å². The van der Waals surface area contributed by atoms with Gasteiger partial charge in [0.25, 0.3) is 0 Å². The molecule has 0 N–H and O–H groups in total. The molecule has 5 heteroatoms. The van der Waals surface area contributed by atoms with Crippen LogP contribution in [0, 0.1) is 0 Å². The second-order valence-electron chi connectivity index (χ2n) is 4.34. The Balaban J connectivity index is 1.75. The van der Waals surface area contributed by atoms with Gasteiger partial charge in [-0.25, -0.2) is 4.79 Å². The van der Waals surface area contributed by atoms with E-state index >= 15 is 0 Å². The summed E-state index contributed by atoms with van der Waals surface area (Å²) >= 11 is 0. The molecule has 1 heterocycles. The van der Waals surface area contributed by atoms with Crippen molar-refractivity contribution in [2.24, 2.45) is 0 Å². The predicted octanol–water partition coefficient (Wildman–Crippen LogP) is 1.91. The van der Waals surface area contributed by atoms with E-state index < -0.39 is 6.29 Å². The molecule has 0 bridgehead atoms. The summed E-state index contributed by atoms with van der Waals surface area (Å²) in [6.07, 6.45) is 0.614. The lowest BCUT2D eigenvalue weighted by Crippen LogP contribution is -2.21. The highest BCUT2D eigenvalue weighted by molar-refractivity contribution is 5.89. The van der Waals surface area contributed by atoms with Crippen LogP contribution in [0.15, 0.2) is 30.3 Å². The van der Waals surface area contributed by atoms with E-state index in [1.54, 1.807) is 24.3 Å². The zero-order chi connectivity index (χ0) is 13.7. The Morgan fingerprint density at radius 3 is 2.68 bits per heavy atom. The van der Waals surface area contributed by atoms with Crippen molar-refractivity contribution < 1.29 is 23.8 Å². The van der Waals surface area contributed by atoms with Gasteiger partial charge in [0.2, 0.25) is 6.29 Å². The van der Waals surface area contributed by atoms with Crippen molar-refractivity contribution in [2.45, 2.75) is 32.2 Å². The van der Waals surface area contributed by atoms with Gasteiger partial charge in [0.05, 0.1) is 11.7 Å². The Morgan fingerprint density at radius 2 is 2.00 bits per heavy atom. The van der Waals surface area contributed by atoms with Crippen molar-refractivity contribution in [1.82, 2.24) is 0 Å². The maximum absolute atomic E-state index is 11.7. The summed E-state index contributed by atoms with van der Waals surface area (Å²) in [5, 5.41) is 0. The molecule has 1 aliphatic rings. The molecule has 0 spiro atoms. The Morgan fingerprint density at radius 1 is 1.26 bits per heavy atom. The molecule has 1 aromatic rings. The Bertz CT molecular complexity index is 442. The van der Waals surface area contributed by atoms with Crippen LogP contribution in [0.1, 0.15) is 30.1 Å². The zero-order valence-corrected chi connectivity index (χ0v) is 10.7. The Kier molecular flexibility index (Phi) is 4.52. The van der Waals surface area contributed by atoms with Gasteiger partial charge in [-0.2, -0.15) is 0 Å². The van der Waals surface area contributed by atoms with E-state index in [9.17, 15) is 9.59 Å². The molecule has 1 saturated heterocycles. The molecule has 0 amide bonds. The number of rotatable bonds is 4. The fourth-order valence-corrected chi connectivity index (χ4v) is 1.89. The second kappa shape index (κ2) is 6.33. The van der Waals surface area contributed by atoms with Crippen molar-refractivity contribution in [3.63, 3.8) is 0 Å². The highest BCUT2D eigenvalue weighted by Crippen LogP contribution is 2.21. The van der Waals surface area contributed by atoms with Crippen molar-refractivity contribution in [1.29, 1.82) is 0 Å². The van der Waals surface area contributed by atoms with E-state index in [0.29, 0.717) is 18.4 Å². The highest BCUT2D eigenvalue weighted by atomic mass is 16.7. The van der Waals surface area contributed by atoms with Crippen molar-refractivity contribution in [3.05, 3.63) is 35.9 Å². The topological polar surface area (TPSA) is 61.8 Å². The van der Waals surface area contributed by atoms with Gasteiger partial charge in [-0.05, 0) is 18.6 Å². The largest absolute Gasteiger partial charge is 0.459 e. The van der Waals surface area contributed by atoms with Gasteiger partial charge < -0.3 is 14.2 Å². The third-order valence-electron chi connectivity index (χ3n) is 2.78. The molecule has 2 atom stereocenters. The molecule has 5 nitrogen and oxygen atoms in total. The minimum Gasteiger partial charge on any atom is -0.459 e. The van der Waals surface area contributed by atoms with Crippen LogP contribution in [0.3, 0.4) is 0 Å². The predicted molar refractivity (Wildman–Crippen MR) is 66.4 cm³/mol. The fourth-order valence-electron chi connectivity index (χ4n) is 1.89. The Labute approximate surface area is 111 Å². The molecule has 102 valence electrons. The van der Waals surface area contributed by atoms with Crippen LogP contribution >= 0.6 is 0 Å². The van der Waals surface area contributed by atoms with E-state index in [1.165, 1.54) is 6.92 Å². The lowest BCUT2D eigenvalue weighted by molar-refractivity contribution is -0.174. The van der Waals surface area contributed by atoms with Gasteiger partial charge in [-0.3, -0.25) is 4.79 Å². The van der Waals surface area contributed by atoms with Crippen molar-refractivity contribution in [2.75, 3.05) is 6.61 Å². The standard InChI is InChI=1S/C14H16O5/c1-10(15)18-13-8-7-12(19-13)9-17-14(16)11-5-3-2-4-6-11/h2-6,12-13H,7-9H2,1H3. The molecule has 19 heavy (non-hydrogen) atoms. The van der Waals surface area contributed by atoms with Crippen LogP contribution in [0.4, 0.5) is 0 Å². The van der Waals surface area contributed by atoms with Gasteiger partial charge in [0.15, 0.2) is 0 Å². The SMILES string of the molecule is CC(=O)OC1CCC(COC(=O)c2ccccc2)O1. The van der Waals surface area contributed by atoms with E-state index in [1.807, 2.05) is 6.07 Å². The molecule has 0 saturated carbocycles. The number of ether oxygens (including phenoxy) is 3. The molecule has 2 rings (SSSR count). The highest BCUT2D eigenvalue weighted by Gasteiger charge is 2.28. The number of carbonyl (C=O) groups excluding carboxylic acids is 2. The molecule has 1 aromatic carbocycles. The first-order chi connectivity index (χ1) is 9.15. The third kappa shape index (κ3) is 4.06. The average molecular weight is 264 g/mol. The van der Waals surface area contributed by atoms with Crippen molar-refractivity contribution in [3.8, 4) is 0 Å². The number of carbonyl (C=O) groups is 2. The van der Waals surface area contributed by atoms with Gasteiger partial charge in [-0.15, -0.1) is 0 Å². The molecule has 0 radical (unpaired) electrons. The number of hydrogen-bond donors (Lipinski definition) is 0. The van der Waals surface area contributed by atoms with E-state index in [2.05, 4.69) is 0 Å². The van der Waals surface area contributed by atoms with E-state index in [4.69, 9.17) is 14.2 Å². The summed E-state index contributed by atoms with van der Waals surface area (Å²) in [6.45, 7) is 1.51. The van der Waals surface area contributed by atoms with Crippen molar-refractivity contribution >= 4 is 11.9 Å². The summed E-state index contributed by atoms with van der Waals surface area (Å²) < 4.78 is 15.5. The van der Waals surface area contributed by atoms with Gasteiger partial charge in [-0.1, -0.05) is 18.2 Å². The van der Waals surface area contributed by atoms with Gasteiger partial charge in [0, 0.05) is 13.3 Å². The lowest BCUT2D eigenvalue weighted by Gasteiger charge is -2.13. The first kappa shape index (κ1) is 13.5. The first-order valence-electron chi connectivity index (χ1n) is 6.20. The molecular weight excluding hydrogens is 248 g/mol. The van der Waals surface area contributed by atoms with Crippen LogP contribution in [-0.4, -0.2) is 30.9 Å². The minimum atomic E-state index is -0.516. The van der Waals surface area contributed by atoms with E-state index in [0.717, 1.165) is 0 Å². The maximum atomic E-state index is 11.7.